The number of carbonyl (C=O) groups is 2. The summed E-state index contributed by atoms with van der Waals surface area (Å²) < 4.78 is 17.0. The van der Waals surface area contributed by atoms with Crippen molar-refractivity contribution in [3.63, 3.8) is 0 Å². The van der Waals surface area contributed by atoms with Crippen molar-refractivity contribution in [2.24, 2.45) is 10.9 Å². The van der Waals surface area contributed by atoms with Gasteiger partial charge < -0.3 is 13.9 Å². The average Bonchev–Trinajstić information content (AvgIpc) is 3.30. The van der Waals surface area contributed by atoms with E-state index in [-0.39, 0.29) is 18.5 Å². The van der Waals surface area contributed by atoms with E-state index in [1.165, 1.54) is 0 Å². The number of ketones is 1. The predicted molar refractivity (Wildman–Crippen MR) is 98.6 cm³/mol. The molecule has 2 aliphatic heterocycles. The monoisotopic (exact) mass is 371 g/mol. The molecule has 1 saturated carbocycles. The molecule has 3 heterocycles. The maximum atomic E-state index is 13.0. The molecule has 1 aromatic heterocycles. The molecule has 0 bridgehead atoms. The number of allylic oxidation sites excluding steroid dienone is 1. The molecule has 3 atom stereocenters. The molecule has 144 valence electrons. The lowest BCUT2D eigenvalue weighted by molar-refractivity contribution is -0.142. The second-order valence-electron chi connectivity index (χ2n) is 7.56. The lowest BCUT2D eigenvalue weighted by atomic mass is 9.71. The summed E-state index contributed by atoms with van der Waals surface area (Å²) in [7, 11) is 0. The maximum absolute atomic E-state index is 13.0. The quantitative estimate of drug-likeness (QED) is 0.757. The van der Waals surface area contributed by atoms with E-state index in [1.807, 2.05) is 26.0 Å². The lowest BCUT2D eigenvalue weighted by Gasteiger charge is -2.34. The maximum Gasteiger partial charge on any atom is 0.336 e. The molecule has 6 nitrogen and oxygen atoms in total. The fourth-order valence-corrected chi connectivity index (χ4v) is 4.34. The summed E-state index contributed by atoms with van der Waals surface area (Å²) in [4.78, 5) is 30.3. The fraction of sp³-hybridized carbons (Fsp3) is 0.571. The highest BCUT2D eigenvalue weighted by molar-refractivity contribution is 6.11. The van der Waals surface area contributed by atoms with E-state index < -0.39 is 17.8 Å². The third-order valence-electron chi connectivity index (χ3n) is 5.62. The number of ether oxygens (including phenoxy) is 2. The van der Waals surface area contributed by atoms with E-state index in [4.69, 9.17) is 13.9 Å². The van der Waals surface area contributed by atoms with Crippen LogP contribution in [0.2, 0.25) is 0 Å². The number of aryl methyl sites for hydroxylation is 1. The molecule has 0 aromatic carbocycles. The van der Waals surface area contributed by atoms with Crippen LogP contribution in [0.4, 0.5) is 0 Å². The first-order valence-electron chi connectivity index (χ1n) is 9.70. The molecule has 2 fully saturated rings. The lowest BCUT2D eigenvalue weighted by Crippen LogP contribution is -2.39. The highest BCUT2D eigenvalue weighted by atomic mass is 16.6. The van der Waals surface area contributed by atoms with Gasteiger partial charge >= 0.3 is 5.97 Å². The smallest absolute Gasteiger partial charge is 0.336 e. The molecule has 6 heteroatoms. The van der Waals surface area contributed by atoms with Gasteiger partial charge in [0.2, 0.25) is 0 Å². The van der Waals surface area contributed by atoms with Crippen molar-refractivity contribution in [3.8, 4) is 0 Å². The van der Waals surface area contributed by atoms with E-state index in [1.54, 1.807) is 0 Å². The number of furan rings is 1. The summed E-state index contributed by atoms with van der Waals surface area (Å²) in [5, 5.41) is 0. The van der Waals surface area contributed by atoms with Crippen molar-refractivity contribution in [1.29, 1.82) is 0 Å². The van der Waals surface area contributed by atoms with Gasteiger partial charge in [0.05, 0.1) is 23.5 Å². The Hall–Kier alpha value is -2.21. The van der Waals surface area contributed by atoms with Crippen LogP contribution in [0.5, 0.6) is 0 Å². The number of fused-ring (bicyclic) bond motifs is 1. The van der Waals surface area contributed by atoms with Gasteiger partial charge in [0.25, 0.3) is 0 Å². The SMILES string of the molecule is CC1=C(C(=O)OC[C@@H]2CCCO2)[C@@H](c2ccc(C)o2)C2C(=O)CCCC2=N1. The van der Waals surface area contributed by atoms with Crippen LogP contribution in [-0.2, 0) is 19.1 Å². The number of esters is 1. The van der Waals surface area contributed by atoms with Crippen molar-refractivity contribution in [2.75, 3.05) is 13.2 Å². The minimum atomic E-state index is -0.462. The summed E-state index contributed by atoms with van der Waals surface area (Å²) in [6.45, 7) is 4.61. The summed E-state index contributed by atoms with van der Waals surface area (Å²) in [5.74, 6) is 0.180. The second-order valence-corrected chi connectivity index (χ2v) is 7.56. The van der Waals surface area contributed by atoms with Crippen LogP contribution in [0.1, 0.15) is 56.5 Å². The van der Waals surface area contributed by atoms with E-state index in [0.29, 0.717) is 30.1 Å². The largest absolute Gasteiger partial charge is 0.466 e. The molecule has 4 rings (SSSR count). The molecule has 3 aliphatic rings. The molecule has 0 radical (unpaired) electrons. The minimum absolute atomic E-state index is 0.0434. The Bertz CT molecular complexity index is 812. The topological polar surface area (TPSA) is 78.1 Å². The first kappa shape index (κ1) is 18.2. The summed E-state index contributed by atoms with van der Waals surface area (Å²) >= 11 is 0. The molecule has 1 aliphatic carbocycles. The normalized spacial score (nSPS) is 28.1. The Labute approximate surface area is 158 Å². The zero-order chi connectivity index (χ0) is 19.0. The van der Waals surface area contributed by atoms with Crippen molar-refractivity contribution in [1.82, 2.24) is 0 Å². The Morgan fingerprint density at radius 3 is 2.78 bits per heavy atom. The van der Waals surface area contributed by atoms with Gasteiger partial charge in [-0.15, -0.1) is 0 Å². The fourth-order valence-electron chi connectivity index (χ4n) is 4.34. The van der Waals surface area contributed by atoms with Gasteiger partial charge in [-0.2, -0.15) is 0 Å². The molecule has 0 spiro atoms. The number of carbonyl (C=O) groups excluding carboxylic acids is 2. The van der Waals surface area contributed by atoms with Gasteiger partial charge in [0.1, 0.15) is 23.9 Å². The number of hydrogen-bond acceptors (Lipinski definition) is 6. The number of aliphatic imine (C=N–C) groups is 1. The Morgan fingerprint density at radius 2 is 2.07 bits per heavy atom. The highest BCUT2D eigenvalue weighted by Gasteiger charge is 2.45. The van der Waals surface area contributed by atoms with Crippen LogP contribution in [0.25, 0.3) is 0 Å². The van der Waals surface area contributed by atoms with Gasteiger partial charge in [-0.3, -0.25) is 9.79 Å². The second kappa shape index (κ2) is 7.43. The van der Waals surface area contributed by atoms with Crippen LogP contribution in [0.15, 0.2) is 32.8 Å². The molecule has 1 saturated heterocycles. The Morgan fingerprint density at radius 1 is 1.22 bits per heavy atom. The van der Waals surface area contributed by atoms with Gasteiger partial charge in [-0.05, 0) is 51.7 Å². The first-order chi connectivity index (χ1) is 13.0. The number of rotatable bonds is 4. The molecular formula is C21H25NO5. The standard InChI is InChI=1S/C21H25NO5/c1-12-8-9-17(27-12)20-18(21(24)26-11-14-5-4-10-25-14)13(2)22-15-6-3-7-16(23)19(15)20/h8-9,14,19-20H,3-7,10-11H2,1-2H3/t14-,19?,20+/m0/s1. The first-order valence-corrected chi connectivity index (χ1v) is 9.70. The summed E-state index contributed by atoms with van der Waals surface area (Å²) in [5.41, 5.74) is 1.91. The van der Waals surface area contributed by atoms with Crippen LogP contribution in [0.3, 0.4) is 0 Å². The number of nitrogens with zero attached hydrogens (tertiary/aromatic N) is 1. The zero-order valence-electron chi connectivity index (χ0n) is 15.8. The van der Waals surface area contributed by atoms with Crippen molar-refractivity contribution in [2.45, 2.75) is 58.0 Å². The van der Waals surface area contributed by atoms with Gasteiger partial charge in [0.15, 0.2) is 0 Å². The molecule has 0 N–H and O–H groups in total. The zero-order valence-corrected chi connectivity index (χ0v) is 15.8. The van der Waals surface area contributed by atoms with Gasteiger partial charge in [-0.25, -0.2) is 4.79 Å². The van der Waals surface area contributed by atoms with Gasteiger partial charge in [-0.1, -0.05) is 0 Å². The van der Waals surface area contributed by atoms with Crippen LogP contribution >= 0.6 is 0 Å². The molecule has 1 aromatic rings. The van der Waals surface area contributed by atoms with Crippen molar-refractivity contribution < 1.29 is 23.5 Å². The van der Waals surface area contributed by atoms with E-state index in [9.17, 15) is 9.59 Å². The average molecular weight is 371 g/mol. The molecule has 0 amide bonds. The van der Waals surface area contributed by atoms with E-state index in [0.717, 1.165) is 37.2 Å². The van der Waals surface area contributed by atoms with Crippen LogP contribution in [-0.4, -0.2) is 36.8 Å². The third kappa shape index (κ3) is 3.50. The summed E-state index contributed by atoms with van der Waals surface area (Å²) in [6.07, 6.45) is 3.94. The van der Waals surface area contributed by atoms with E-state index in [2.05, 4.69) is 4.99 Å². The highest BCUT2D eigenvalue weighted by Crippen LogP contribution is 2.43. The van der Waals surface area contributed by atoms with Gasteiger partial charge in [0, 0.05) is 24.4 Å². The van der Waals surface area contributed by atoms with Crippen LogP contribution in [0, 0.1) is 12.8 Å². The van der Waals surface area contributed by atoms with Crippen molar-refractivity contribution >= 4 is 17.5 Å². The van der Waals surface area contributed by atoms with E-state index >= 15 is 0 Å². The predicted octanol–water partition coefficient (Wildman–Crippen LogP) is 3.49. The molecule has 27 heavy (non-hydrogen) atoms. The summed E-state index contributed by atoms with van der Waals surface area (Å²) in [6, 6.07) is 3.71. The Balaban J connectivity index is 1.67. The third-order valence-corrected chi connectivity index (χ3v) is 5.62. The van der Waals surface area contributed by atoms with Crippen LogP contribution < -0.4 is 0 Å². The minimum Gasteiger partial charge on any atom is -0.466 e. The number of hydrogen-bond donors (Lipinski definition) is 0. The molecular weight excluding hydrogens is 346 g/mol. The van der Waals surface area contributed by atoms with Crippen molar-refractivity contribution in [3.05, 3.63) is 34.9 Å². The Kier molecular flexibility index (Phi) is 5.00. The molecule has 1 unspecified atom stereocenters. The number of Topliss-reactive ketones (excluding diaryl/α,β-unsaturated/α-hetero) is 1.